The van der Waals surface area contributed by atoms with Gasteiger partial charge in [-0.1, -0.05) is 27.4 Å². The van der Waals surface area contributed by atoms with Crippen molar-refractivity contribution in [2.75, 3.05) is 6.61 Å². The molecule has 0 saturated heterocycles. The molecule has 0 N–H and O–H groups in total. The zero-order chi connectivity index (χ0) is 7.49. The van der Waals surface area contributed by atoms with Crippen molar-refractivity contribution in [3.8, 4) is 0 Å². The van der Waals surface area contributed by atoms with Crippen LogP contribution in [0.2, 0.25) is 0 Å². The predicted octanol–water partition coefficient (Wildman–Crippen LogP) is 2.58. The van der Waals surface area contributed by atoms with Crippen molar-refractivity contribution in [3.05, 3.63) is 12.3 Å². The number of hydrogen-bond acceptors (Lipinski definition) is 1. The van der Waals surface area contributed by atoms with Gasteiger partial charge < -0.3 is 4.74 Å². The maximum atomic E-state index is 5.21. The van der Waals surface area contributed by atoms with Gasteiger partial charge in [-0.3, -0.25) is 0 Å². The molecule has 9 heavy (non-hydrogen) atoms. The molecule has 0 unspecified atom stereocenters. The Kier molecular flexibility index (Phi) is 2.75. The number of ether oxygens (including phenoxy) is 1. The summed E-state index contributed by atoms with van der Waals surface area (Å²) in [5.74, 6) is 0.796. The van der Waals surface area contributed by atoms with Crippen LogP contribution in [0.4, 0.5) is 0 Å². The lowest BCUT2D eigenvalue weighted by Crippen LogP contribution is -2.13. The molecule has 0 aromatic heterocycles. The van der Waals surface area contributed by atoms with E-state index in [9.17, 15) is 0 Å². The second-order valence-corrected chi connectivity index (χ2v) is 3.55. The van der Waals surface area contributed by atoms with Crippen LogP contribution in [0, 0.1) is 5.41 Å². The second-order valence-electron chi connectivity index (χ2n) is 3.55. The fourth-order valence-electron chi connectivity index (χ4n) is 0.340. The zero-order valence-electron chi connectivity index (χ0n) is 6.82. The molecular formula is C8H16O. The number of rotatable bonds is 2. The summed E-state index contributed by atoms with van der Waals surface area (Å²) in [7, 11) is 0. The largest absolute Gasteiger partial charge is 0.498 e. The van der Waals surface area contributed by atoms with E-state index in [4.69, 9.17) is 4.74 Å². The van der Waals surface area contributed by atoms with E-state index in [1.165, 1.54) is 0 Å². The highest BCUT2D eigenvalue weighted by Crippen LogP contribution is 2.14. The molecule has 0 saturated carbocycles. The molecule has 1 nitrogen and oxygen atoms in total. The van der Waals surface area contributed by atoms with Crippen molar-refractivity contribution in [2.45, 2.75) is 27.7 Å². The molecule has 54 valence electrons. The lowest BCUT2D eigenvalue weighted by Gasteiger charge is -2.18. The van der Waals surface area contributed by atoms with Crippen LogP contribution in [-0.4, -0.2) is 6.61 Å². The first-order valence-electron chi connectivity index (χ1n) is 3.20. The zero-order valence-corrected chi connectivity index (χ0v) is 6.82. The molecule has 0 aromatic carbocycles. The van der Waals surface area contributed by atoms with Crippen molar-refractivity contribution < 1.29 is 4.74 Å². The summed E-state index contributed by atoms with van der Waals surface area (Å²) >= 11 is 0. The molecular weight excluding hydrogens is 112 g/mol. The third kappa shape index (κ3) is 7.54. The average molecular weight is 128 g/mol. The minimum Gasteiger partial charge on any atom is -0.498 e. The van der Waals surface area contributed by atoms with Gasteiger partial charge in [0.25, 0.3) is 0 Å². The fraction of sp³-hybridized carbons (Fsp3) is 0.750. The molecule has 0 rings (SSSR count). The fourth-order valence-corrected chi connectivity index (χ4v) is 0.340. The standard InChI is InChI=1S/C8H16O/c1-7(2)9-6-8(3,4)5/h1,6H2,2-5H3. The van der Waals surface area contributed by atoms with E-state index in [2.05, 4.69) is 27.4 Å². The van der Waals surface area contributed by atoms with Crippen LogP contribution in [0.5, 0.6) is 0 Å². The molecule has 0 heterocycles. The van der Waals surface area contributed by atoms with Crippen LogP contribution < -0.4 is 0 Å². The van der Waals surface area contributed by atoms with E-state index in [0.717, 1.165) is 12.4 Å². The Hall–Kier alpha value is -0.460. The van der Waals surface area contributed by atoms with Gasteiger partial charge in [0.1, 0.15) is 0 Å². The molecule has 0 bridgehead atoms. The van der Waals surface area contributed by atoms with Crippen LogP contribution in [0.15, 0.2) is 12.3 Å². The van der Waals surface area contributed by atoms with E-state index >= 15 is 0 Å². The highest BCUT2D eigenvalue weighted by Gasteiger charge is 2.09. The van der Waals surface area contributed by atoms with Crippen LogP contribution in [-0.2, 0) is 4.74 Å². The molecule has 0 radical (unpaired) electrons. The van der Waals surface area contributed by atoms with E-state index in [1.807, 2.05) is 6.92 Å². The Balaban J connectivity index is 3.39. The lowest BCUT2D eigenvalue weighted by molar-refractivity contribution is 0.129. The second kappa shape index (κ2) is 2.90. The van der Waals surface area contributed by atoms with Gasteiger partial charge in [0, 0.05) is 0 Å². The van der Waals surface area contributed by atoms with Gasteiger partial charge in [-0.2, -0.15) is 0 Å². The normalized spacial score (nSPS) is 11.1. The molecule has 0 amide bonds. The van der Waals surface area contributed by atoms with E-state index < -0.39 is 0 Å². The third-order valence-electron chi connectivity index (χ3n) is 0.752. The predicted molar refractivity (Wildman–Crippen MR) is 40.2 cm³/mol. The third-order valence-corrected chi connectivity index (χ3v) is 0.752. The minimum atomic E-state index is 0.249. The van der Waals surface area contributed by atoms with Gasteiger partial charge in [-0.05, 0) is 12.3 Å². The van der Waals surface area contributed by atoms with E-state index in [1.54, 1.807) is 0 Å². The van der Waals surface area contributed by atoms with Crippen molar-refractivity contribution >= 4 is 0 Å². The maximum absolute atomic E-state index is 5.21. The molecule has 0 fully saturated rings. The summed E-state index contributed by atoms with van der Waals surface area (Å²) in [5.41, 5.74) is 0.249. The van der Waals surface area contributed by atoms with Gasteiger partial charge in [0.2, 0.25) is 0 Å². The van der Waals surface area contributed by atoms with Crippen LogP contribution in [0.25, 0.3) is 0 Å². The molecule has 0 spiro atoms. The summed E-state index contributed by atoms with van der Waals surface area (Å²) in [6.07, 6.45) is 0. The van der Waals surface area contributed by atoms with Gasteiger partial charge in [0.15, 0.2) is 0 Å². The summed E-state index contributed by atoms with van der Waals surface area (Å²) < 4.78 is 5.21. The highest BCUT2D eigenvalue weighted by molar-refractivity contribution is 4.75. The lowest BCUT2D eigenvalue weighted by atomic mass is 9.99. The van der Waals surface area contributed by atoms with Crippen LogP contribution in [0.3, 0.4) is 0 Å². The molecule has 0 aliphatic heterocycles. The molecule has 0 atom stereocenters. The summed E-state index contributed by atoms with van der Waals surface area (Å²) in [5, 5.41) is 0. The van der Waals surface area contributed by atoms with Gasteiger partial charge in [-0.15, -0.1) is 0 Å². The number of allylic oxidation sites excluding steroid dienone is 1. The summed E-state index contributed by atoms with van der Waals surface area (Å²) in [6, 6.07) is 0. The minimum absolute atomic E-state index is 0.249. The Labute approximate surface area is 57.7 Å². The smallest absolute Gasteiger partial charge is 0.0925 e. The monoisotopic (exact) mass is 128 g/mol. The summed E-state index contributed by atoms with van der Waals surface area (Å²) in [4.78, 5) is 0. The molecule has 0 aliphatic carbocycles. The topological polar surface area (TPSA) is 9.23 Å². The molecule has 1 heteroatoms. The first kappa shape index (κ1) is 8.54. The molecule has 0 aromatic rings. The Bertz CT molecular complexity index is 97.6. The maximum Gasteiger partial charge on any atom is 0.0925 e. The SMILES string of the molecule is C=C(C)OCC(C)(C)C. The Morgan fingerprint density at radius 1 is 1.44 bits per heavy atom. The van der Waals surface area contributed by atoms with Crippen LogP contribution in [0.1, 0.15) is 27.7 Å². The molecule has 0 aliphatic rings. The van der Waals surface area contributed by atoms with Crippen LogP contribution >= 0.6 is 0 Å². The van der Waals surface area contributed by atoms with Crippen molar-refractivity contribution in [3.63, 3.8) is 0 Å². The summed E-state index contributed by atoms with van der Waals surface area (Å²) in [6.45, 7) is 12.7. The quantitative estimate of drug-likeness (QED) is 0.519. The van der Waals surface area contributed by atoms with Gasteiger partial charge >= 0.3 is 0 Å². The van der Waals surface area contributed by atoms with E-state index in [-0.39, 0.29) is 5.41 Å². The van der Waals surface area contributed by atoms with Crippen molar-refractivity contribution in [1.82, 2.24) is 0 Å². The van der Waals surface area contributed by atoms with E-state index in [0.29, 0.717) is 0 Å². The first-order chi connectivity index (χ1) is 3.92. The highest BCUT2D eigenvalue weighted by atomic mass is 16.5. The number of hydrogen-bond donors (Lipinski definition) is 0. The average Bonchev–Trinajstić information content (AvgIpc) is 1.59. The first-order valence-corrected chi connectivity index (χ1v) is 3.20. The van der Waals surface area contributed by atoms with Gasteiger partial charge in [0.05, 0.1) is 12.4 Å². The van der Waals surface area contributed by atoms with Crippen molar-refractivity contribution in [1.29, 1.82) is 0 Å². The Morgan fingerprint density at radius 3 is 2.00 bits per heavy atom. The van der Waals surface area contributed by atoms with Gasteiger partial charge in [-0.25, -0.2) is 0 Å². The van der Waals surface area contributed by atoms with Crippen molar-refractivity contribution in [2.24, 2.45) is 5.41 Å². The Morgan fingerprint density at radius 2 is 1.89 bits per heavy atom.